The van der Waals surface area contributed by atoms with E-state index in [-0.39, 0.29) is 12.1 Å². The molecule has 0 amide bonds. The van der Waals surface area contributed by atoms with Crippen molar-refractivity contribution < 1.29 is 18.3 Å². The Hall–Kier alpha value is -0.660. The Morgan fingerprint density at radius 2 is 1.71 bits per heavy atom. The Bertz CT molecular complexity index is 391. The van der Waals surface area contributed by atoms with Gasteiger partial charge in [0.05, 0.1) is 5.92 Å². The zero-order chi connectivity index (χ0) is 12.5. The average molecular weight is 262 g/mol. The molecule has 0 radical (unpaired) electrons. The van der Waals surface area contributed by atoms with Crippen molar-refractivity contribution in [1.82, 2.24) is 9.44 Å². The van der Waals surface area contributed by atoms with Crippen molar-refractivity contribution in [3.8, 4) is 0 Å². The fourth-order valence-electron chi connectivity index (χ4n) is 2.20. The van der Waals surface area contributed by atoms with Gasteiger partial charge in [-0.1, -0.05) is 6.42 Å². The molecule has 0 heterocycles. The summed E-state index contributed by atoms with van der Waals surface area (Å²) in [6.45, 7) is 0. The van der Waals surface area contributed by atoms with E-state index in [9.17, 15) is 13.2 Å². The summed E-state index contributed by atoms with van der Waals surface area (Å²) in [6.07, 6.45) is 4.29. The monoisotopic (exact) mass is 262 g/mol. The van der Waals surface area contributed by atoms with Crippen LogP contribution in [0.5, 0.6) is 0 Å². The number of carbonyl (C=O) groups is 1. The Morgan fingerprint density at radius 1 is 1.06 bits per heavy atom. The SMILES string of the molecule is O=C(O)C1CCCC(NS(=O)(=O)NC2CC2)C1. The van der Waals surface area contributed by atoms with Gasteiger partial charge in [-0.25, -0.2) is 0 Å². The third kappa shape index (κ3) is 3.93. The van der Waals surface area contributed by atoms with E-state index < -0.39 is 22.1 Å². The summed E-state index contributed by atoms with van der Waals surface area (Å²) >= 11 is 0. The van der Waals surface area contributed by atoms with Crippen LogP contribution in [0.2, 0.25) is 0 Å². The highest BCUT2D eigenvalue weighted by atomic mass is 32.2. The fourth-order valence-corrected chi connectivity index (χ4v) is 3.59. The molecule has 0 bridgehead atoms. The summed E-state index contributed by atoms with van der Waals surface area (Å²) < 4.78 is 28.4. The molecule has 2 fully saturated rings. The minimum atomic E-state index is -3.46. The molecular weight excluding hydrogens is 244 g/mol. The molecule has 0 aliphatic heterocycles. The van der Waals surface area contributed by atoms with E-state index in [4.69, 9.17) is 5.11 Å². The van der Waals surface area contributed by atoms with Gasteiger partial charge in [-0.3, -0.25) is 4.79 Å². The smallest absolute Gasteiger partial charge is 0.306 e. The van der Waals surface area contributed by atoms with Gasteiger partial charge in [0.1, 0.15) is 0 Å². The molecule has 6 nitrogen and oxygen atoms in total. The molecule has 7 heteroatoms. The molecule has 2 aliphatic carbocycles. The van der Waals surface area contributed by atoms with Crippen molar-refractivity contribution in [2.75, 3.05) is 0 Å². The standard InChI is InChI=1S/C10H18N2O4S/c13-10(14)7-2-1-3-9(6-7)12-17(15,16)11-8-4-5-8/h7-9,11-12H,1-6H2,(H,13,14). The molecule has 0 spiro atoms. The quantitative estimate of drug-likeness (QED) is 0.660. The van der Waals surface area contributed by atoms with Crippen LogP contribution in [-0.2, 0) is 15.0 Å². The number of hydrogen-bond donors (Lipinski definition) is 3. The van der Waals surface area contributed by atoms with Crippen LogP contribution in [0.1, 0.15) is 38.5 Å². The molecule has 2 atom stereocenters. The Morgan fingerprint density at radius 3 is 2.29 bits per heavy atom. The second kappa shape index (κ2) is 4.91. The minimum Gasteiger partial charge on any atom is -0.481 e. The average Bonchev–Trinajstić information content (AvgIpc) is 3.00. The Labute approximate surface area is 101 Å². The van der Waals surface area contributed by atoms with Crippen molar-refractivity contribution in [3.63, 3.8) is 0 Å². The lowest BCUT2D eigenvalue weighted by atomic mass is 9.86. The van der Waals surface area contributed by atoms with Gasteiger partial charge in [0.15, 0.2) is 0 Å². The highest BCUT2D eigenvalue weighted by Crippen LogP contribution is 2.25. The molecule has 2 rings (SSSR count). The lowest BCUT2D eigenvalue weighted by molar-refractivity contribution is -0.143. The first-order valence-corrected chi connectivity index (χ1v) is 7.47. The second-order valence-corrected chi connectivity index (χ2v) is 6.39. The third-order valence-corrected chi connectivity index (χ3v) is 4.53. The predicted molar refractivity (Wildman–Crippen MR) is 61.6 cm³/mol. The van der Waals surface area contributed by atoms with Crippen LogP contribution in [0.4, 0.5) is 0 Å². The highest BCUT2D eigenvalue weighted by Gasteiger charge is 2.32. The van der Waals surface area contributed by atoms with E-state index in [1.165, 1.54) is 0 Å². The lowest BCUT2D eigenvalue weighted by Crippen LogP contribution is -2.46. The Kier molecular flexibility index (Phi) is 3.70. The van der Waals surface area contributed by atoms with Gasteiger partial charge in [0, 0.05) is 12.1 Å². The number of carboxylic acid groups (broad SMARTS) is 1. The molecule has 0 aromatic rings. The topological polar surface area (TPSA) is 95.5 Å². The van der Waals surface area contributed by atoms with Crippen molar-refractivity contribution >= 4 is 16.2 Å². The van der Waals surface area contributed by atoms with Gasteiger partial charge in [-0.05, 0) is 32.1 Å². The zero-order valence-electron chi connectivity index (χ0n) is 9.55. The first-order valence-electron chi connectivity index (χ1n) is 5.98. The number of carboxylic acids is 1. The number of rotatable bonds is 5. The minimum absolute atomic E-state index is 0.0753. The van der Waals surface area contributed by atoms with E-state index in [1.54, 1.807) is 0 Å². The van der Waals surface area contributed by atoms with Gasteiger partial charge >= 0.3 is 5.97 Å². The van der Waals surface area contributed by atoms with Crippen LogP contribution >= 0.6 is 0 Å². The molecule has 2 saturated carbocycles. The van der Waals surface area contributed by atoms with Gasteiger partial charge in [0.25, 0.3) is 10.2 Å². The number of hydrogen-bond acceptors (Lipinski definition) is 3. The first kappa shape index (κ1) is 12.8. The molecule has 2 unspecified atom stereocenters. The predicted octanol–water partition coefficient (Wildman–Crippen LogP) is 0.216. The van der Waals surface area contributed by atoms with Gasteiger partial charge in [-0.15, -0.1) is 0 Å². The maximum absolute atomic E-state index is 11.7. The van der Waals surface area contributed by atoms with Crippen LogP contribution in [0.3, 0.4) is 0 Å². The summed E-state index contributed by atoms with van der Waals surface area (Å²) in [7, 11) is -3.46. The van der Waals surface area contributed by atoms with Gasteiger partial charge in [-0.2, -0.15) is 17.9 Å². The first-order chi connectivity index (χ1) is 7.96. The van der Waals surface area contributed by atoms with E-state index in [1.807, 2.05) is 0 Å². The van der Waals surface area contributed by atoms with Crippen LogP contribution in [0, 0.1) is 5.92 Å². The maximum Gasteiger partial charge on any atom is 0.306 e. The molecule has 2 aliphatic rings. The van der Waals surface area contributed by atoms with Gasteiger partial charge < -0.3 is 5.11 Å². The van der Waals surface area contributed by atoms with Gasteiger partial charge in [0.2, 0.25) is 0 Å². The summed E-state index contributed by atoms with van der Waals surface area (Å²) in [5, 5.41) is 8.92. The molecule has 0 aromatic heterocycles. The van der Waals surface area contributed by atoms with E-state index in [0.717, 1.165) is 25.7 Å². The molecule has 98 valence electrons. The molecule has 0 aromatic carbocycles. The van der Waals surface area contributed by atoms with Crippen LogP contribution in [0.15, 0.2) is 0 Å². The number of nitrogens with one attached hydrogen (secondary N) is 2. The molecular formula is C10H18N2O4S. The van der Waals surface area contributed by atoms with E-state index in [2.05, 4.69) is 9.44 Å². The van der Waals surface area contributed by atoms with Crippen LogP contribution in [-0.4, -0.2) is 31.6 Å². The molecule has 3 N–H and O–H groups in total. The summed E-state index contributed by atoms with van der Waals surface area (Å²) in [4.78, 5) is 10.9. The molecule has 17 heavy (non-hydrogen) atoms. The maximum atomic E-state index is 11.7. The summed E-state index contributed by atoms with van der Waals surface area (Å²) in [5.74, 6) is -1.25. The normalized spacial score (nSPS) is 30.1. The van der Waals surface area contributed by atoms with Crippen LogP contribution < -0.4 is 9.44 Å². The summed E-state index contributed by atoms with van der Waals surface area (Å²) in [6, 6.07) is -0.174. The summed E-state index contributed by atoms with van der Waals surface area (Å²) in [5.41, 5.74) is 0. The van der Waals surface area contributed by atoms with Crippen molar-refractivity contribution in [2.45, 2.75) is 50.6 Å². The third-order valence-electron chi connectivity index (χ3n) is 3.24. The van der Waals surface area contributed by atoms with Crippen molar-refractivity contribution in [2.24, 2.45) is 5.92 Å². The van der Waals surface area contributed by atoms with Crippen molar-refractivity contribution in [1.29, 1.82) is 0 Å². The Balaban J connectivity index is 1.87. The molecule has 0 saturated heterocycles. The lowest BCUT2D eigenvalue weighted by Gasteiger charge is -2.27. The van der Waals surface area contributed by atoms with E-state index in [0.29, 0.717) is 12.8 Å². The highest BCUT2D eigenvalue weighted by molar-refractivity contribution is 7.87. The fraction of sp³-hybridized carbons (Fsp3) is 0.900. The largest absolute Gasteiger partial charge is 0.481 e. The number of aliphatic carboxylic acids is 1. The second-order valence-electron chi connectivity index (χ2n) is 4.91. The van der Waals surface area contributed by atoms with Crippen LogP contribution in [0.25, 0.3) is 0 Å². The van der Waals surface area contributed by atoms with Crippen molar-refractivity contribution in [3.05, 3.63) is 0 Å². The zero-order valence-corrected chi connectivity index (χ0v) is 10.4. The van der Waals surface area contributed by atoms with E-state index >= 15 is 0 Å².